The lowest BCUT2D eigenvalue weighted by Gasteiger charge is -2.45. The highest BCUT2D eigenvalue weighted by Crippen LogP contribution is 2.31. The molecule has 5 nitrogen and oxygen atoms in total. The molecule has 0 amide bonds. The van der Waals surface area contributed by atoms with E-state index in [4.69, 9.17) is 31.7 Å². The van der Waals surface area contributed by atoms with Crippen molar-refractivity contribution in [3.8, 4) is 0 Å². The van der Waals surface area contributed by atoms with Crippen molar-refractivity contribution < 1.29 is 20.6 Å². The van der Waals surface area contributed by atoms with Crippen molar-refractivity contribution in [3.05, 3.63) is 0 Å². The van der Waals surface area contributed by atoms with Crippen LogP contribution in [-0.2, 0) is 20.6 Å². The second-order valence-corrected chi connectivity index (χ2v) is 26.0. The molecule has 1 rings (SSSR count). The minimum absolute atomic E-state index is 1.84. The Bertz CT molecular complexity index is 272. The Kier molecular flexibility index (Phi) is 5.45. The zero-order valence-electron chi connectivity index (χ0n) is 13.9. The van der Waals surface area contributed by atoms with E-state index in [1.54, 1.807) is 0 Å². The molecule has 11 heteroatoms. The van der Waals surface area contributed by atoms with Gasteiger partial charge in [0.05, 0.1) is 0 Å². The number of rotatable bonds is 0. The monoisotopic (exact) mass is 390 g/mol. The lowest BCUT2D eigenvalue weighted by molar-refractivity contribution is 0.245. The van der Waals surface area contributed by atoms with Gasteiger partial charge in [-0.15, -0.1) is 11.1 Å². The average molecular weight is 391 g/mol. The van der Waals surface area contributed by atoms with Gasteiger partial charge in [-0.05, 0) is 58.9 Å². The Morgan fingerprint density at radius 1 is 0.450 bits per heavy atom. The fourth-order valence-corrected chi connectivity index (χ4v) is 30.0. The molecule has 0 atom stereocenters. The molecule has 1 saturated heterocycles. The van der Waals surface area contributed by atoms with Gasteiger partial charge < -0.3 is 20.6 Å². The molecule has 1 fully saturated rings. The highest BCUT2D eigenvalue weighted by Gasteiger charge is 2.52. The maximum absolute atomic E-state index is 6.52. The third-order valence-electron chi connectivity index (χ3n) is 2.33. The first kappa shape index (κ1) is 19.2. The molecule has 1 aliphatic heterocycles. The molecule has 1 heterocycles. The summed E-state index contributed by atoms with van der Waals surface area (Å²) >= 11 is 6.52. The maximum atomic E-state index is 6.52. The van der Waals surface area contributed by atoms with Crippen LogP contribution in [0.1, 0.15) is 0 Å². The minimum atomic E-state index is -2.79. The van der Waals surface area contributed by atoms with E-state index >= 15 is 0 Å². The molecule has 120 valence electrons. The van der Waals surface area contributed by atoms with E-state index in [-0.39, 0.29) is 0 Å². The molecule has 0 aromatic heterocycles. The Labute approximate surface area is 132 Å². The van der Waals surface area contributed by atoms with Crippen LogP contribution in [0.5, 0.6) is 0 Å². The topological polar surface area (TPSA) is 46.2 Å². The van der Waals surface area contributed by atoms with Crippen LogP contribution < -0.4 is 0 Å². The summed E-state index contributed by atoms with van der Waals surface area (Å²) in [4.78, 5) is 0. The third kappa shape index (κ3) is 6.52. The van der Waals surface area contributed by atoms with Gasteiger partial charge >= 0.3 is 42.1 Å². The van der Waals surface area contributed by atoms with Gasteiger partial charge in [-0.1, -0.05) is 0 Å². The summed E-state index contributed by atoms with van der Waals surface area (Å²) in [5.74, 6) is 0. The fourth-order valence-electron chi connectivity index (χ4n) is 2.76. The molecular weight excluding hydrogens is 364 g/mol. The van der Waals surface area contributed by atoms with Gasteiger partial charge in [-0.25, -0.2) is 0 Å². The molecule has 0 aromatic rings. The van der Waals surface area contributed by atoms with Crippen LogP contribution in [-0.4, -0.2) is 42.1 Å². The summed E-state index contributed by atoms with van der Waals surface area (Å²) in [6.07, 6.45) is 0. The van der Waals surface area contributed by atoms with Crippen molar-refractivity contribution in [2.75, 3.05) is 0 Å². The SMILES string of the molecule is C[Si]1(C)O[Si](C)(C)O[Si](C)(C)O[Si](C)(Cl)O[Si](C)(C)O1. The molecular formula is C9H27ClO5Si5. The van der Waals surface area contributed by atoms with Gasteiger partial charge in [0.2, 0.25) is 0 Å². The van der Waals surface area contributed by atoms with Gasteiger partial charge in [0.1, 0.15) is 0 Å². The van der Waals surface area contributed by atoms with E-state index in [0.29, 0.717) is 0 Å². The molecule has 0 unspecified atom stereocenters. The summed E-state index contributed by atoms with van der Waals surface area (Å²) < 4.78 is 30.8. The maximum Gasteiger partial charge on any atom is 0.422 e. The standard InChI is InChI=1S/C9H27ClO5Si5/c1-16(2)11-17(3,4)13-19(7,8)15-20(9,10)14-18(5,6)12-16/h1-9H3. The van der Waals surface area contributed by atoms with E-state index in [1.165, 1.54) is 0 Å². The summed E-state index contributed by atoms with van der Waals surface area (Å²) in [6.45, 7) is 18.0. The van der Waals surface area contributed by atoms with E-state index in [2.05, 4.69) is 0 Å². The van der Waals surface area contributed by atoms with Crippen LogP contribution in [0.4, 0.5) is 0 Å². The smallest absolute Gasteiger partial charge is 0.416 e. The second kappa shape index (κ2) is 5.67. The first-order chi connectivity index (χ1) is 8.54. The molecule has 0 N–H and O–H groups in total. The highest BCUT2D eigenvalue weighted by atomic mass is 35.6. The van der Waals surface area contributed by atoms with Gasteiger partial charge in [0.15, 0.2) is 0 Å². The van der Waals surface area contributed by atoms with Gasteiger partial charge in [-0.2, -0.15) is 0 Å². The summed E-state index contributed by atoms with van der Waals surface area (Å²) in [5, 5.41) is 0. The summed E-state index contributed by atoms with van der Waals surface area (Å²) in [7, 11) is -12.2. The summed E-state index contributed by atoms with van der Waals surface area (Å²) in [5.41, 5.74) is 0. The van der Waals surface area contributed by atoms with E-state index in [1.807, 2.05) is 58.9 Å². The van der Waals surface area contributed by atoms with Crippen molar-refractivity contribution in [1.82, 2.24) is 0 Å². The highest BCUT2D eigenvalue weighted by molar-refractivity contribution is 7.17. The van der Waals surface area contributed by atoms with Gasteiger partial charge in [0, 0.05) is 0 Å². The lowest BCUT2D eigenvalue weighted by Crippen LogP contribution is -2.63. The number of halogens is 1. The Morgan fingerprint density at radius 2 is 0.650 bits per heavy atom. The Hall–Kier alpha value is 1.17. The van der Waals surface area contributed by atoms with Crippen molar-refractivity contribution >= 4 is 53.2 Å². The van der Waals surface area contributed by atoms with Crippen LogP contribution in [0.15, 0.2) is 0 Å². The van der Waals surface area contributed by atoms with Crippen LogP contribution in [0.3, 0.4) is 0 Å². The third-order valence-corrected chi connectivity index (χ3v) is 22.4. The van der Waals surface area contributed by atoms with Crippen LogP contribution in [0.2, 0.25) is 58.9 Å². The minimum Gasteiger partial charge on any atom is -0.416 e. The molecule has 0 aliphatic carbocycles. The predicted octanol–water partition coefficient (Wildman–Crippen LogP) is 3.70. The lowest BCUT2D eigenvalue weighted by atomic mass is 11.9. The van der Waals surface area contributed by atoms with Gasteiger partial charge in [0.25, 0.3) is 0 Å². The average Bonchev–Trinajstić information content (AvgIpc) is 1.84. The predicted molar refractivity (Wildman–Crippen MR) is 92.8 cm³/mol. The molecule has 0 saturated carbocycles. The van der Waals surface area contributed by atoms with Crippen LogP contribution in [0, 0.1) is 0 Å². The first-order valence-corrected chi connectivity index (χ1v) is 21.3. The Balaban J connectivity index is 3.15. The number of hydrogen-bond donors (Lipinski definition) is 0. The van der Waals surface area contributed by atoms with Gasteiger partial charge in [-0.3, -0.25) is 0 Å². The molecule has 0 aromatic carbocycles. The van der Waals surface area contributed by atoms with Crippen LogP contribution >= 0.6 is 11.1 Å². The Morgan fingerprint density at radius 3 is 0.900 bits per heavy atom. The zero-order chi connectivity index (χ0) is 16.0. The molecule has 0 spiro atoms. The van der Waals surface area contributed by atoms with E-state index in [9.17, 15) is 0 Å². The molecule has 0 bridgehead atoms. The van der Waals surface area contributed by atoms with Crippen molar-refractivity contribution in [2.24, 2.45) is 0 Å². The second-order valence-electron chi connectivity index (χ2n) is 6.94. The normalized spacial score (nSPS) is 31.5. The molecule has 20 heavy (non-hydrogen) atoms. The van der Waals surface area contributed by atoms with E-state index in [0.717, 1.165) is 0 Å². The number of hydrogen-bond acceptors (Lipinski definition) is 5. The van der Waals surface area contributed by atoms with Crippen molar-refractivity contribution in [3.63, 3.8) is 0 Å². The van der Waals surface area contributed by atoms with Crippen LogP contribution in [0.25, 0.3) is 0 Å². The quantitative estimate of drug-likeness (QED) is 0.466. The van der Waals surface area contributed by atoms with Crippen molar-refractivity contribution in [2.45, 2.75) is 58.9 Å². The first-order valence-electron chi connectivity index (χ1n) is 6.73. The zero-order valence-corrected chi connectivity index (χ0v) is 19.7. The largest absolute Gasteiger partial charge is 0.422 e. The fraction of sp³-hybridized carbons (Fsp3) is 1.00. The van der Waals surface area contributed by atoms with E-state index < -0.39 is 42.1 Å². The molecule has 0 radical (unpaired) electrons. The molecule has 1 aliphatic rings. The van der Waals surface area contributed by atoms with Crippen molar-refractivity contribution in [1.29, 1.82) is 0 Å². The summed E-state index contributed by atoms with van der Waals surface area (Å²) in [6, 6.07) is 0.